The summed E-state index contributed by atoms with van der Waals surface area (Å²) in [5.74, 6) is 0. The molecule has 4 aromatic carbocycles. The van der Waals surface area contributed by atoms with E-state index in [1.54, 1.807) is 0 Å². The number of hydrogen-bond donors (Lipinski definition) is 0. The molecule has 0 spiro atoms. The van der Waals surface area contributed by atoms with Gasteiger partial charge in [0.15, 0.2) is 0 Å². The van der Waals surface area contributed by atoms with Gasteiger partial charge in [-0.1, -0.05) is 120 Å². The van der Waals surface area contributed by atoms with Crippen LogP contribution in [-0.2, 0) is 17.3 Å². The average Bonchev–Trinajstić information content (AvgIpc) is 3.56. The normalized spacial score (nSPS) is 14.4. The Morgan fingerprint density at radius 2 is 1.28 bits per heavy atom. The molecule has 6 rings (SSSR count). The molecule has 0 bridgehead atoms. The van der Waals surface area contributed by atoms with E-state index in [2.05, 4.69) is 139 Å². The predicted octanol–water partition coefficient (Wildman–Crippen LogP) is 10.8. The first-order chi connectivity index (χ1) is 18.6. The van der Waals surface area contributed by atoms with E-state index >= 15 is 0 Å². The van der Waals surface area contributed by atoms with Crippen molar-refractivity contribution >= 4 is 5.57 Å². The first-order valence-corrected chi connectivity index (χ1v) is 14.4. The van der Waals surface area contributed by atoms with E-state index in [0.29, 0.717) is 0 Å². The maximum atomic E-state index is 2.55. The molecule has 0 aromatic heterocycles. The number of hydrogen-bond acceptors (Lipinski definition) is 0. The van der Waals surface area contributed by atoms with Crippen molar-refractivity contribution < 1.29 is 0 Å². The van der Waals surface area contributed by atoms with E-state index < -0.39 is 0 Å². The maximum absolute atomic E-state index is 2.55. The molecule has 4 aromatic rings. The second kappa shape index (κ2) is 9.23. The smallest absolute Gasteiger partial charge is 0.00102 e. The molecule has 0 atom stereocenters. The van der Waals surface area contributed by atoms with Crippen molar-refractivity contribution in [1.29, 1.82) is 0 Å². The Hall–Kier alpha value is -3.64. The molecule has 0 amide bonds. The highest BCUT2D eigenvalue weighted by atomic mass is 14.4. The van der Waals surface area contributed by atoms with Crippen LogP contribution in [0.5, 0.6) is 0 Å². The van der Waals surface area contributed by atoms with Gasteiger partial charge in [-0.05, 0) is 115 Å². The Morgan fingerprint density at radius 3 is 1.85 bits per heavy atom. The van der Waals surface area contributed by atoms with Gasteiger partial charge in [0, 0.05) is 0 Å². The summed E-state index contributed by atoms with van der Waals surface area (Å²) >= 11 is 0. The molecule has 39 heavy (non-hydrogen) atoms. The summed E-state index contributed by atoms with van der Waals surface area (Å²) in [6, 6.07) is 27.1. The fourth-order valence-electron chi connectivity index (χ4n) is 6.81. The van der Waals surface area contributed by atoms with Gasteiger partial charge in [0.05, 0.1) is 0 Å². The zero-order valence-electron chi connectivity index (χ0n) is 24.6. The van der Waals surface area contributed by atoms with Gasteiger partial charge in [0.25, 0.3) is 0 Å². The van der Waals surface area contributed by atoms with Crippen LogP contribution in [0.3, 0.4) is 0 Å². The topological polar surface area (TPSA) is 0 Å². The second-order valence-electron chi connectivity index (χ2n) is 13.4. The lowest BCUT2D eigenvalue weighted by Gasteiger charge is -2.32. The van der Waals surface area contributed by atoms with Crippen molar-refractivity contribution in [2.45, 2.75) is 72.1 Å². The molecule has 0 fully saturated rings. The van der Waals surface area contributed by atoms with Gasteiger partial charge in [-0.15, -0.1) is 0 Å². The van der Waals surface area contributed by atoms with Crippen LogP contribution in [0.4, 0.5) is 0 Å². The summed E-state index contributed by atoms with van der Waals surface area (Å²) in [5.41, 5.74) is 18.6. The van der Waals surface area contributed by atoms with E-state index in [1.807, 2.05) is 0 Å². The molecule has 196 valence electrons. The van der Waals surface area contributed by atoms with Gasteiger partial charge in [-0.25, -0.2) is 0 Å². The van der Waals surface area contributed by atoms with Gasteiger partial charge < -0.3 is 0 Å². The molecule has 0 nitrogen and oxygen atoms in total. The second-order valence-corrected chi connectivity index (χ2v) is 13.4. The lowest BCUT2D eigenvalue weighted by atomic mass is 9.72. The fraction of sp³-hybridized carbons (Fsp3) is 0.282. The van der Waals surface area contributed by atoms with Crippen LogP contribution in [0.15, 0.2) is 91.0 Å². The zero-order chi connectivity index (χ0) is 27.5. The van der Waals surface area contributed by atoms with Crippen LogP contribution >= 0.6 is 0 Å². The van der Waals surface area contributed by atoms with Gasteiger partial charge in [-0.2, -0.15) is 0 Å². The fourth-order valence-corrected chi connectivity index (χ4v) is 6.81. The van der Waals surface area contributed by atoms with Crippen molar-refractivity contribution in [3.8, 4) is 33.4 Å². The van der Waals surface area contributed by atoms with E-state index in [-0.39, 0.29) is 10.8 Å². The van der Waals surface area contributed by atoms with Crippen LogP contribution in [0.1, 0.15) is 81.3 Å². The van der Waals surface area contributed by atoms with Crippen LogP contribution in [0.25, 0.3) is 39.0 Å². The Labute approximate surface area is 235 Å². The molecular formula is C39H40. The number of fused-ring (bicyclic) bond motifs is 3. The summed E-state index contributed by atoms with van der Waals surface area (Å²) in [5, 5.41) is 0. The van der Waals surface area contributed by atoms with Crippen molar-refractivity contribution in [3.05, 3.63) is 124 Å². The summed E-state index contributed by atoms with van der Waals surface area (Å²) in [6.45, 7) is 16.6. The van der Waals surface area contributed by atoms with Crippen molar-refractivity contribution in [1.82, 2.24) is 0 Å². The quantitative estimate of drug-likeness (QED) is 0.227. The molecule has 0 N–H and O–H groups in total. The van der Waals surface area contributed by atoms with E-state index in [9.17, 15) is 0 Å². The molecule has 0 heteroatoms. The zero-order valence-corrected chi connectivity index (χ0v) is 24.6. The molecular weight excluding hydrogens is 468 g/mol. The lowest BCUT2D eigenvalue weighted by molar-refractivity contribution is 0.589. The SMILES string of the molecule is Cc1c2c(c(C3=CC=CC3)c(C(C)(C)C)c1-c1ccccc1)-c1cc(C(C)(C)C)c(-c3ccccc3)cc1C2. The highest BCUT2D eigenvalue weighted by molar-refractivity contribution is 5.97. The Balaban J connectivity index is 1.73. The third kappa shape index (κ3) is 4.31. The molecule has 0 unspecified atom stereocenters. The minimum absolute atomic E-state index is 0.0106. The van der Waals surface area contributed by atoms with Gasteiger partial charge >= 0.3 is 0 Å². The Bertz CT molecular complexity index is 1630. The summed E-state index contributed by atoms with van der Waals surface area (Å²) < 4.78 is 0. The predicted molar refractivity (Wildman–Crippen MR) is 169 cm³/mol. The van der Waals surface area contributed by atoms with Crippen molar-refractivity contribution in [3.63, 3.8) is 0 Å². The van der Waals surface area contributed by atoms with Gasteiger partial charge in [0.1, 0.15) is 0 Å². The van der Waals surface area contributed by atoms with Crippen LogP contribution in [0.2, 0.25) is 0 Å². The maximum Gasteiger partial charge on any atom is -0.00102 e. The third-order valence-corrected chi connectivity index (χ3v) is 8.56. The molecule has 0 saturated heterocycles. The summed E-state index contributed by atoms with van der Waals surface area (Å²) in [6.07, 6.45) is 8.89. The average molecular weight is 509 g/mol. The largest absolute Gasteiger partial charge is 0.0801 e. The first kappa shape index (κ1) is 25.6. The number of allylic oxidation sites excluding steroid dienone is 4. The molecule has 0 radical (unpaired) electrons. The molecule has 2 aliphatic carbocycles. The minimum atomic E-state index is -0.0106. The number of rotatable bonds is 3. The van der Waals surface area contributed by atoms with Crippen LogP contribution in [0, 0.1) is 6.92 Å². The monoisotopic (exact) mass is 508 g/mol. The summed E-state index contributed by atoms with van der Waals surface area (Å²) in [4.78, 5) is 0. The molecule has 0 heterocycles. The number of benzene rings is 4. The molecule has 0 aliphatic heterocycles. The minimum Gasteiger partial charge on any atom is -0.0801 e. The standard InChI is InChI=1S/C39H40/c1-25-30-22-29-23-31(26-16-10-8-11-17-26)33(38(2,3)4)24-32(29)36(30)35(28-20-14-15-21-28)37(39(5,6)7)34(25)27-18-12-9-13-19-27/h8-20,23-24H,21-22H2,1-7H3. The van der Waals surface area contributed by atoms with E-state index in [4.69, 9.17) is 0 Å². The van der Waals surface area contributed by atoms with Crippen LogP contribution < -0.4 is 0 Å². The third-order valence-electron chi connectivity index (χ3n) is 8.56. The van der Waals surface area contributed by atoms with E-state index in [0.717, 1.165) is 12.8 Å². The lowest BCUT2D eigenvalue weighted by Crippen LogP contribution is -2.18. The summed E-state index contributed by atoms with van der Waals surface area (Å²) in [7, 11) is 0. The highest BCUT2D eigenvalue weighted by Gasteiger charge is 2.35. The first-order valence-electron chi connectivity index (χ1n) is 14.4. The Kier molecular flexibility index (Phi) is 6.07. The van der Waals surface area contributed by atoms with Crippen molar-refractivity contribution in [2.24, 2.45) is 0 Å². The van der Waals surface area contributed by atoms with E-state index in [1.165, 1.54) is 72.3 Å². The van der Waals surface area contributed by atoms with Crippen LogP contribution in [-0.4, -0.2) is 0 Å². The van der Waals surface area contributed by atoms with Crippen molar-refractivity contribution in [2.75, 3.05) is 0 Å². The molecule has 2 aliphatic rings. The van der Waals surface area contributed by atoms with Gasteiger partial charge in [-0.3, -0.25) is 0 Å². The van der Waals surface area contributed by atoms with Gasteiger partial charge in [0.2, 0.25) is 0 Å². The molecule has 0 saturated carbocycles. The Morgan fingerprint density at radius 1 is 0.641 bits per heavy atom. The highest BCUT2D eigenvalue weighted by Crippen LogP contribution is 2.53.